The van der Waals surface area contributed by atoms with E-state index in [9.17, 15) is 4.39 Å². The Morgan fingerprint density at radius 3 is 2.10 bits per heavy atom. The molecule has 0 aliphatic heterocycles. The highest BCUT2D eigenvalue weighted by Crippen LogP contribution is 1.99. The second-order valence-corrected chi connectivity index (χ2v) is 1.80. The van der Waals surface area contributed by atoms with Gasteiger partial charge < -0.3 is 0 Å². The predicted octanol–water partition coefficient (Wildman–Crippen LogP) is 3.16. The third-order valence-electron chi connectivity index (χ3n) is 0.980. The lowest BCUT2D eigenvalue weighted by Crippen LogP contribution is -1.72. The van der Waals surface area contributed by atoms with E-state index in [0.717, 1.165) is 5.56 Å². The number of aryl methyl sites for hydroxylation is 1. The number of hydrogen-bond acceptors (Lipinski definition) is 0. The minimum atomic E-state index is -0.162. The van der Waals surface area contributed by atoms with Crippen LogP contribution >= 0.6 is 0 Å². The van der Waals surface area contributed by atoms with Crippen molar-refractivity contribution in [2.24, 2.45) is 0 Å². The van der Waals surface area contributed by atoms with Crippen molar-refractivity contribution >= 4 is 0 Å². The van der Waals surface area contributed by atoms with Crippen LogP contribution in [0.4, 0.5) is 4.39 Å². The smallest absolute Gasteiger partial charge is 0.123 e. The summed E-state index contributed by atoms with van der Waals surface area (Å²) < 4.78 is 12.2. The van der Waals surface area contributed by atoms with Crippen LogP contribution < -0.4 is 0 Å². The molecule has 56 valence electrons. The first-order chi connectivity index (χ1) is 4.79. The van der Waals surface area contributed by atoms with Crippen LogP contribution in [0.15, 0.2) is 24.3 Å². The van der Waals surface area contributed by atoms with E-state index in [4.69, 9.17) is 0 Å². The summed E-state index contributed by atoms with van der Waals surface area (Å²) in [5.74, 6) is -0.162. The normalized spacial score (nSPS) is 8.00. The van der Waals surface area contributed by atoms with Crippen molar-refractivity contribution in [3.63, 3.8) is 0 Å². The summed E-state index contributed by atoms with van der Waals surface area (Å²) in [5, 5.41) is 0. The van der Waals surface area contributed by atoms with E-state index in [-0.39, 0.29) is 5.82 Å². The molecule has 1 aromatic carbocycles. The van der Waals surface area contributed by atoms with Gasteiger partial charge in [0, 0.05) is 0 Å². The topological polar surface area (TPSA) is 0 Å². The molecular formula is C9H13F. The van der Waals surface area contributed by atoms with Crippen LogP contribution in [0, 0.1) is 12.7 Å². The summed E-state index contributed by atoms with van der Waals surface area (Å²) in [4.78, 5) is 0. The van der Waals surface area contributed by atoms with Crippen LogP contribution in [-0.2, 0) is 0 Å². The summed E-state index contributed by atoms with van der Waals surface area (Å²) in [5.41, 5.74) is 0.963. The highest BCUT2D eigenvalue weighted by Gasteiger charge is 1.84. The molecular weight excluding hydrogens is 127 g/mol. The zero-order chi connectivity index (χ0) is 7.98. The molecule has 0 bridgehead atoms. The Morgan fingerprint density at radius 2 is 1.80 bits per heavy atom. The van der Waals surface area contributed by atoms with Gasteiger partial charge in [-0.2, -0.15) is 0 Å². The number of halogens is 1. The quantitative estimate of drug-likeness (QED) is 0.519. The van der Waals surface area contributed by atoms with Crippen molar-refractivity contribution in [3.05, 3.63) is 35.6 Å². The van der Waals surface area contributed by atoms with Gasteiger partial charge in [-0.25, -0.2) is 4.39 Å². The van der Waals surface area contributed by atoms with Gasteiger partial charge in [0.25, 0.3) is 0 Å². The summed E-state index contributed by atoms with van der Waals surface area (Å²) in [6.07, 6.45) is 0. The molecule has 10 heavy (non-hydrogen) atoms. The van der Waals surface area contributed by atoms with E-state index < -0.39 is 0 Å². The fourth-order valence-corrected chi connectivity index (χ4v) is 0.606. The van der Waals surface area contributed by atoms with E-state index in [1.165, 1.54) is 12.1 Å². The minimum absolute atomic E-state index is 0.162. The summed E-state index contributed by atoms with van der Waals surface area (Å²) >= 11 is 0. The summed E-state index contributed by atoms with van der Waals surface area (Å²) in [6.45, 7) is 5.86. The molecule has 0 spiro atoms. The van der Waals surface area contributed by atoms with Crippen molar-refractivity contribution in [1.82, 2.24) is 0 Å². The van der Waals surface area contributed by atoms with Crippen LogP contribution in [0.5, 0.6) is 0 Å². The molecule has 0 aromatic heterocycles. The van der Waals surface area contributed by atoms with Crippen LogP contribution in [0.1, 0.15) is 19.4 Å². The molecule has 0 aliphatic carbocycles. The highest BCUT2D eigenvalue weighted by atomic mass is 19.1. The molecule has 1 heteroatoms. The number of rotatable bonds is 0. The molecule has 0 heterocycles. The zero-order valence-electron chi connectivity index (χ0n) is 6.69. The van der Waals surface area contributed by atoms with Crippen molar-refractivity contribution in [2.75, 3.05) is 0 Å². The third kappa shape index (κ3) is 3.23. The maximum atomic E-state index is 12.2. The van der Waals surface area contributed by atoms with Gasteiger partial charge in [0.05, 0.1) is 0 Å². The Bertz CT molecular complexity index is 165. The fourth-order valence-electron chi connectivity index (χ4n) is 0.606. The molecule has 0 N–H and O–H groups in total. The largest absolute Gasteiger partial charge is 0.207 e. The molecule has 1 aromatic rings. The summed E-state index contributed by atoms with van der Waals surface area (Å²) in [7, 11) is 0. The minimum Gasteiger partial charge on any atom is -0.207 e. The second kappa shape index (κ2) is 4.98. The van der Waals surface area contributed by atoms with E-state index in [0.29, 0.717) is 0 Å². The SMILES string of the molecule is CC.Cc1cccc(F)c1. The van der Waals surface area contributed by atoms with Gasteiger partial charge in [-0.05, 0) is 24.6 Å². The maximum Gasteiger partial charge on any atom is 0.123 e. The van der Waals surface area contributed by atoms with E-state index in [1.807, 2.05) is 26.8 Å². The Hall–Kier alpha value is -0.850. The Balaban J connectivity index is 0.000000371. The first kappa shape index (κ1) is 9.15. The van der Waals surface area contributed by atoms with Crippen molar-refractivity contribution < 1.29 is 4.39 Å². The van der Waals surface area contributed by atoms with Gasteiger partial charge in [-0.1, -0.05) is 26.0 Å². The van der Waals surface area contributed by atoms with Gasteiger partial charge >= 0.3 is 0 Å². The first-order valence-electron chi connectivity index (χ1n) is 3.51. The highest BCUT2D eigenvalue weighted by molar-refractivity contribution is 5.13. The van der Waals surface area contributed by atoms with Crippen LogP contribution in [0.2, 0.25) is 0 Å². The predicted molar refractivity (Wildman–Crippen MR) is 42.5 cm³/mol. The van der Waals surface area contributed by atoms with E-state index in [1.54, 1.807) is 6.07 Å². The van der Waals surface area contributed by atoms with Gasteiger partial charge in [0.15, 0.2) is 0 Å². The molecule has 0 saturated carbocycles. The number of benzene rings is 1. The molecule has 0 saturated heterocycles. The molecule has 0 unspecified atom stereocenters. The molecule has 0 aliphatic rings. The van der Waals surface area contributed by atoms with Gasteiger partial charge in [0.2, 0.25) is 0 Å². The molecule has 0 nitrogen and oxygen atoms in total. The summed E-state index contributed by atoms with van der Waals surface area (Å²) in [6, 6.07) is 6.50. The second-order valence-electron chi connectivity index (χ2n) is 1.80. The fraction of sp³-hybridized carbons (Fsp3) is 0.333. The van der Waals surface area contributed by atoms with E-state index in [2.05, 4.69) is 0 Å². The van der Waals surface area contributed by atoms with Crippen molar-refractivity contribution in [2.45, 2.75) is 20.8 Å². The van der Waals surface area contributed by atoms with Crippen LogP contribution in [-0.4, -0.2) is 0 Å². The van der Waals surface area contributed by atoms with Crippen LogP contribution in [0.25, 0.3) is 0 Å². The number of hydrogen-bond donors (Lipinski definition) is 0. The lowest BCUT2D eigenvalue weighted by atomic mass is 10.2. The van der Waals surface area contributed by atoms with Crippen molar-refractivity contribution in [3.8, 4) is 0 Å². The van der Waals surface area contributed by atoms with Gasteiger partial charge in [-0.3, -0.25) is 0 Å². The Labute approximate surface area is 61.7 Å². The Kier molecular flexibility index (Phi) is 4.55. The average Bonchev–Trinajstić information content (AvgIpc) is 1.91. The van der Waals surface area contributed by atoms with Gasteiger partial charge in [-0.15, -0.1) is 0 Å². The molecule has 1 rings (SSSR count). The molecule has 0 atom stereocenters. The third-order valence-corrected chi connectivity index (χ3v) is 0.980. The molecule has 0 fully saturated rings. The van der Waals surface area contributed by atoms with Gasteiger partial charge in [0.1, 0.15) is 5.82 Å². The molecule has 0 radical (unpaired) electrons. The standard InChI is InChI=1S/C7H7F.C2H6/c1-6-3-2-4-7(8)5-6;1-2/h2-5H,1H3;1-2H3. The zero-order valence-corrected chi connectivity index (χ0v) is 6.69. The first-order valence-corrected chi connectivity index (χ1v) is 3.51. The van der Waals surface area contributed by atoms with Crippen molar-refractivity contribution in [1.29, 1.82) is 0 Å². The lowest BCUT2D eigenvalue weighted by molar-refractivity contribution is 0.626. The maximum absolute atomic E-state index is 12.2. The van der Waals surface area contributed by atoms with E-state index >= 15 is 0 Å². The molecule has 0 amide bonds. The lowest BCUT2D eigenvalue weighted by Gasteiger charge is -1.87. The monoisotopic (exact) mass is 140 g/mol. The average molecular weight is 140 g/mol. The van der Waals surface area contributed by atoms with Crippen LogP contribution in [0.3, 0.4) is 0 Å². The Morgan fingerprint density at radius 1 is 1.20 bits per heavy atom.